The Morgan fingerprint density at radius 1 is 1.16 bits per heavy atom. The second kappa shape index (κ2) is 8.38. The third kappa shape index (κ3) is 4.53. The van der Waals surface area contributed by atoms with Gasteiger partial charge in [-0.25, -0.2) is 14.6 Å². The molecule has 2 aromatic heterocycles. The van der Waals surface area contributed by atoms with Gasteiger partial charge in [-0.1, -0.05) is 0 Å². The second-order valence-corrected chi connectivity index (χ2v) is 8.71. The van der Waals surface area contributed by atoms with Gasteiger partial charge in [0.25, 0.3) is 0 Å². The van der Waals surface area contributed by atoms with Gasteiger partial charge in [0, 0.05) is 30.9 Å². The first-order valence-corrected chi connectivity index (χ1v) is 10.1. The molecule has 1 amide bonds. The van der Waals surface area contributed by atoms with Crippen LogP contribution in [0.5, 0.6) is 0 Å². The van der Waals surface area contributed by atoms with Crippen LogP contribution in [0, 0.1) is 11.3 Å². The Morgan fingerprint density at radius 3 is 2.35 bits per heavy atom. The molecule has 2 aromatic rings. The Labute approximate surface area is 181 Å². The van der Waals surface area contributed by atoms with Crippen molar-refractivity contribution in [2.75, 3.05) is 25.1 Å². The molecular formula is C22H27N5O4. The number of anilines is 1. The summed E-state index contributed by atoms with van der Waals surface area (Å²) in [5, 5.41) is 9.91. The summed E-state index contributed by atoms with van der Waals surface area (Å²) in [7, 11) is 1.30. The molecule has 0 saturated carbocycles. The number of fused-ring (bicyclic) bond motifs is 1. The van der Waals surface area contributed by atoms with E-state index in [0.29, 0.717) is 35.4 Å². The monoisotopic (exact) mass is 425 g/mol. The highest BCUT2D eigenvalue weighted by molar-refractivity contribution is 6.05. The first-order chi connectivity index (χ1) is 14.6. The molecule has 164 valence electrons. The van der Waals surface area contributed by atoms with Crippen LogP contribution in [0.4, 0.5) is 10.6 Å². The molecule has 0 radical (unpaired) electrons. The second-order valence-electron chi connectivity index (χ2n) is 8.71. The summed E-state index contributed by atoms with van der Waals surface area (Å²) in [5.74, 6) is 0.0625. The van der Waals surface area contributed by atoms with Crippen LogP contribution in [0.15, 0.2) is 18.5 Å². The van der Waals surface area contributed by atoms with Crippen molar-refractivity contribution in [3.63, 3.8) is 0 Å². The number of ether oxygens (including phenoxy) is 2. The molecule has 0 N–H and O–H groups in total. The average Bonchev–Trinajstić information content (AvgIpc) is 2.69. The maximum atomic E-state index is 12.7. The fraction of sp³-hybridized carbons (Fsp3) is 0.500. The Bertz CT molecular complexity index is 1040. The largest absolute Gasteiger partial charge is 0.465 e. The predicted molar refractivity (Wildman–Crippen MR) is 115 cm³/mol. The fourth-order valence-electron chi connectivity index (χ4n) is 3.85. The van der Waals surface area contributed by atoms with Crippen LogP contribution >= 0.6 is 0 Å². The van der Waals surface area contributed by atoms with Gasteiger partial charge in [-0.05, 0) is 40.7 Å². The number of esters is 1. The van der Waals surface area contributed by atoms with Crippen LogP contribution < -0.4 is 4.90 Å². The lowest BCUT2D eigenvalue weighted by atomic mass is 10.1. The van der Waals surface area contributed by atoms with Gasteiger partial charge in [-0.2, -0.15) is 5.26 Å². The van der Waals surface area contributed by atoms with Crippen LogP contribution in [0.25, 0.3) is 10.9 Å². The van der Waals surface area contributed by atoms with E-state index < -0.39 is 11.6 Å². The lowest BCUT2D eigenvalue weighted by Gasteiger charge is -2.45. The topological polar surface area (TPSA) is 109 Å². The summed E-state index contributed by atoms with van der Waals surface area (Å²) in [5.41, 5.74) is 0.449. The van der Waals surface area contributed by atoms with Crippen molar-refractivity contribution in [1.82, 2.24) is 14.9 Å². The number of methoxy groups -OCH3 is 1. The molecule has 31 heavy (non-hydrogen) atoms. The number of nitriles is 1. The van der Waals surface area contributed by atoms with Crippen molar-refractivity contribution < 1.29 is 19.1 Å². The van der Waals surface area contributed by atoms with Gasteiger partial charge in [-0.15, -0.1) is 0 Å². The van der Waals surface area contributed by atoms with E-state index in [9.17, 15) is 14.9 Å². The molecule has 3 heterocycles. The minimum atomic E-state index is -0.575. The zero-order valence-electron chi connectivity index (χ0n) is 18.7. The highest BCUT2D eigenvalue weighted by Crippen LogP contribution is 2.30. The molecule has 0 aliphatic carbocycles. The first-order valence-electron chi connectivity index (χ1n) is 10.1. The van der Waals surface area contributed by atoms with Gasteiger partial charge in [0.2, 0.25) is 0 Å². The Hall–Kier alpha value is -3.41. The SMILES string of the molecule is COC(=O)c1cnc(N2C[C@@H](C)N(C(=O)OC(C)(C)C)[C@@H](C)C2)c2cc(C#N)cnc12. The third-order valence-electron chi connectivity index (χ3n) is 5.06. The quantitative estimate of drug-likeness (QED) is 0.675. The number of pyridine rings is 2. The molecule has 1 saturated heterocycles. The standard InChI is InChI=1S/C22H27N5O4/c1-13-11-26(12-14(2)27(13)21(29)31-22(3,4)5)19-16-7-15(8-23)9-24-18(16)17(10-25-19)20(28)30-6/h7,9-10,13-14H,11-12H2,1-6H3/t13-,14+. The van der Waals surface area contributed by atoms with Crippen molar-refractivity contribution in [3.05, 3.63) is 29.6 Å². The van der Waals surface area contributed by atoms with Crippen LogP contribution in [0.1, 0.15) is 50.5 Å². The van der Waals surface area contributed by atoms with Gasteiger partial charge in [0.15, 0.2) is 0 Å². The van der Waals surface area contributed by atoms with E-state index in [1.807, 2.05) is 39.5 Å². The van der Waals surface area contributed by atoms with Crippen molar-refractivity contribution in [2.45, 2.75) is 52.3 Å². The lowest BCUT2D eigenvalue weighted by Crippen LogP contribution is -2.59. The van der Waals surface area contributed by atoms with Crippen LogP contribution in [-0.2, 0) is 9.47 Å². The van der Waals surface area contributed by atoms with E-state index in [2.05, 4.69) is 16.0 Å². The zero-order chi connectivity index (χ0) is 22.9. The number of hydrogen-bond acceptors (Lipinski definition) is 8. The van der Waals surface area contributed by atoms with Gasteiger partial charge < -0.3 is 14.4 Å². The van der Waals surface area contributed by atoms with E-state index in [1.54, 1.807) is 11.0 Å². The Morgan fingerprint density at radius 2 is 1.81 bits per heavy atom. The first kappa shape index (κ1) is 22.3. The summed E-state index contributed by atoms with van der Waals surface area (Å²) in [6.07, 6.45) is 2.52. The van der Waals surface area contributed by atoms with Crippen molar-refractivity contribution in [2.24, 2.45) is 0 Å². The van der Waals surface area contributed by atoms with E-state index in [0.717, 1.165) is 0 Å². The fourth-order valence-corrected chi connectivity index (χ4v) is 3.85. The maximum Gasteiger partial charge on any atom is 0.410 e. The molecule has 2 atom stereocenters. The van der Waals surface area contributed by atoms with Crippen molar-refractivity contribution in [3.8, 4) is 6.07 Å². The number of hydrogen-bond donors (Lipinski definition) is 0. The van der Waals surface area contributed by atoms with Gasteiger partial charge >= 0.3 is 12.1 Å². The van der Waals surface area contributed by atoms with E-state index >= 15 is 0 Å². The molecule has 1 fully saturated rings. The maximum absolute atomic E-state index is 12.7. The average molecular weight is 425 g/mol. The molecule has 9 nitrogen and oxygen atoms in total. The molecule has 1 aliphatic rings. The van der Waals surface area contributed by atoms with Gasteiger partial charge in [0.05, 0.1) is 30.3 Å². The van der Waals surface area contributed by atoms with Gasteiger partial charge in [0.1, 0.15) is 23.1 Å². The normalized spacial score (nSPS) is 19.1. The molecule has 0 bridgehead atoms. The Balaban J connectivity index is 1.99. The Kier molecular flexibility index (Phi) is 6.02. The molecular weight excluding hydrogens is 398 g/mol. The lowest BCUT2D eigenvalue weighted by molar-refractivity contribution is 0.00560. The van der Waals surface area contributed by atoms with Crippen molar-refractivity contribution in [1.29, 1.82) is 5.26 Å². The summed E-state index contributed by atoms with van der Waals surface area (Å²) < 4.78 is 10.4. The number of carbonyl (C=O) groups excluding carboxylic acids is 2. The molecule has 0 unspecified atom stereocenters. The van der Waals surface area contributed by atoms with E-state index in [-0.39, 0.29) is 23.7 Å². The number of rotatable bonds is 2. The number of aromatic nitrogens is 2. The minimum Gasteiger partial charge on any atom is -0.465 e. The number of nitrogens with zero attached hydrogens (tertiary/aromatic N) is 5. The molecule has 0 aromatic carbocycles. The highest BCUT2D eigenvalue weighted by Gasteiger charge is 2.36. The number of amides is 1. The van der Waals surface area contributed by atoms with Crippen LogP contribution in [0.2, 0.25) is 0 Å². The third-order valence-corrected chi connectivity index (χ3v) is 5.06. The molecule has 9 heteroatoms. The van der Waals surface area contributed by atoms with Gasteiger partial charge in [-0.3, -0.25) is 9.88 Å². The summed E-state index contributed by atoms with van der Waals surface area (Å²) >= 11 is 0. The summed E-state index contributed by atoms with van der Waals surface area (Å²) in [4.78, 5) is 37.5. The summed E-state index contributed by atoms with van der Waals surface area (Å²) in [6, 6.07) is 3.48. The number of carbonyl (C=O) groups is 2. The zero-order valence-corrected chi connectivity index (χ0v) is 18.7. The minimum absolute atomic E-state index is 0.136. The molecule has 0 spiro atoms. The summed E-state index contributed by atoms with van der Waals surface area (Å²) in [6.45, 7) is 10.5. The van der Waals surface area contributed by atoms with Crippen LogP contribution in [-0.4, -0.2) is 64.8 Å². The van der Waals surface area contributed by atoms with E-state index in [1.165, 1.54) is 19.5 Å². The number of piperazine rings is 1. The molecule has 3 rings (SSSR count). The highest BCUT2D eigenvalue weighted by atomic mass is 16.6. The predicted octanol–water partition coefficient (Wildman–Crippen LogP) is 3.12. The van der Waals surface area contributed by atoms with Crippen molar-refractivity contribution >= 4 is 28.8 Å². The molecule has 1 aliphatic heterocycles. The smallest absolute Gasteiger partial charge is 0.410 e. The van der Waals surface area contributed by atoms with E-state index in [4.69, 9.17) is 9.47 Å². The van der Waals surface area contributed by atoms with Crippen LogP contribution in [0.3, 0.4) is 0 Å².